The number of halogens is 1. The molecule has 0 aliphatic heterocycles. The summed E-state index contributed by atoms with van der Waals surface area (Å²) < 4.78 is 5.63. The Bertz CT molecular complexity index is 646. The second-order valence-corrected chi connectivity index (χ2v) is 4.56. The first-order valence-electron chi connectivity index (χ1n) is 5.77. The van der Waals surface area contributed by atoms with Gasteiger partial charge in [-0.25, -0.2) is 4.79 Å². The molecule has 0 spiro atoms. The van der Waals surface area contributed by atoms with Crippen molar-refractivity contribution in [1.82, 2.24) is 0 Å². The topological polar surface area (TPSA) is 75.8 Å². The molecule has 1 amide bonds. The van der Waals surface area contributed by atoms with Crippen LogP contribution in [0.25, 0.3) is 0 Å². The third-order valence-electron chi connectivity index (χ3n) is 2.68. The predicted molar refractivity (Wildman–Crippen MR) is 78.8 cm³/mol. The molecule has 0 saturated carbocycles. The second-order valence-electron chi connectivity index (χ2n) is 4.12. The summed E-state index contributed by atoms with van der Waals surface area (Å²) in [6.07, 6.45) is -1.10. The molecule has 2 aromatic carbocycles. The van der Waals surface area contributed by atoms with Crippen LogP contribution in [-0.4, -0.2) is 18.2 Å². The number of hydrogen-bond acceptors (Lipinski definition) is 3. The fraction of sp³-hybridized carbons (Fsp3) is 0.0714. The summed E-state index contributed by atoms with van der Waals surface area (Å²) in [4.78, 5) is 12.0. The molecule has 104 valence electrons. The molecule has 2 aromatic rings. The minimum atomic E-state index is -1.10. The summed E-state index contributed by atoms with van der Waals surface area (Å²) in [6.45, 7) is 0. The van der Waals surface area contributed by atoms with E-state index in [1.807, 2.05) is 0 Å². The van der Waals surface area contributed by atoms with Crippen LogP contribution in [0.4, 0.5) is 16.2 Å². The number of benzene rings is 2. The summed E-state index contributed by atoms with van der Waals surface area (Å²) >= 11 is 5.87. The molecule has 0 bridgehead atoms. The molecule has 0 aliphatic rings. The van der Waals surface area contributed by atoms with Gasteiger partial charge in [-0.1, -0.05) is 17.7 Å². The molecule has 0 aliphatic carbocycles. The zero-order valence-electron chi connectivity index (χ0n) is 10.7. The fourth-order valence-corrected chi connectivity index (χ4v) is 1.83. The Morgan fingerprint density at radius 2 is 1.95 bits per heavy atom. The molecule has 3 N–H and O–H groups in total. The Labute approximate surface area is 121 Å². The van der Waals surface area contributed by atoms with Gasteiger partial charge in [0.15, 0.2) is 0 Å². The molecule has 0 radical (unpaired) electrons. The van der Waals surface area contributed by atoms with E-state index in [1.165, 1.54) is 7.05 Å². The molecule has 0 unspecified atom stereocenters. The summed E-state index contributed by atoms with van der Waals surface area (Å²) in [7, 11) is 1.41. The van der Waals surface area contributed by atoms with Gasteiger partial charge in [-0.2, -0.15) is 0 Å². The smallest absolute Gasteiger partial charge is 0.411 e. The molecule has 0 heterocycles. The highest BCUT2D eigenvalue weighted by atomic mass is 35.5. The molecule has 6 heteroatoms. The summed E-state index contributed by atoms with van der Waals surface area (Å²) in [5.41, 5.74) is 6.48. The van der Waals surface area contributed by atoms with Crippen molar-refractivity contribution < 1.29 is 14.6 Å². The maximum atomic E-state index is 11.0. The van der Waals surface area contributed by atoms with E-state index >= 15 is 0 Å². The van der Waals surface area contributed by atoms with Crippen LogP contribution in [0.5, 0.6) is 11.5 Å². The standard InChI is InChI=1S/C14H13ClN2O3/c1-17(14(18)19)13-8-11(5-6-12(13)16)20-10-4-2-3-9(15)7-10/h2-8H,16H2,1H3,(H,18,19). The van der Waals surface area contributed by atoms with Crippen LogP contribution < -0.4 is 15.4 Å². The number of amides is 1. The first kappa shape index (κ1) is 14.0. The quantitative estimate of drug-likeness (QED) is 0.843. The van der Waals surface area contributed by atoms with E-state index in [-0.39, 0.29) is 0 Å². The van der Waals surface area contributed by atoms with E-state index < -0.39 is 6.09 Å². The number of carboxylic acid groups (broad SMARTS) is 1. The Morgan fingerprint density at radius 3 is 2.60 bits per heavy atom. The Morgan fingerprint density at radius 1 is 1.25 bits per heavy atom. The minimum absolute atomic E-state index is 0.355. The maximum Gasteiger partial charge on any atom is 0.411 e. The number of carbonyl (C=O) groups is 1. The Balaban J connectivity index is 2.30. The number of ether oxygens (including phenoxy) is 1. The monoisotopic (exact) mass is 292 g/mol. The van der Waals surface area contributed by atoms with Crippen LogP contribution in [0.15, 0.2) is 42.5 Å². The van der Waals surface area contributed by atoms with E-state index in [0.717, 1.165) is 4.90 Å². The SMILES string of the molecule is CN(C(=O)O)c1cc(Oc2cccc(Cl)c2)ccc1N. The van der Waals surface area contributed by atoms with Gasteiger partial charge in [0.05, 0.1) is 11.4 Å². The Hall–Kier alpha value is -2.40. The molecule has 0 atom stereocenters. The van der Waals surface area contributed by atoms with Crippen molar-refractivity contribution in [3.05, 3.63) is 47.5 Å². The van der Waals surface area contributed by atoms with Crippen LogP contribution in [-0.2, 0) is 0 Å². The molecular formula is C14H13ClN2O3. The van der Waals surface area contributed by atoms with Gasteiger partial charge in [0.2, 0.25) is 0 Å². The fourth-order valence-electron chi connectivity index (χ4n) is 1.65. The van der Waals surface area contributed by atoms with Crippen molar-refractivity contribution in [2.75, 3.05) is 17.7 Å². The van der Waals surface area contributed by atoms with Crippen molar-refractivity contribution >= 4 is 29.1 Å². The molecule has 20 heavy (non-hydrogen) atoms. The van der Waals surface area contributed by atoms with Crippen LogP contribution in [0, 0.1) is 0 Å². The zero-order chi connectivity index (χ0) is 14.7. The van der Waals surface area contributed by atoms with Gasteiger partial charge in [0, 0.05) is 18.1 Å². The lowest BCUT2D eigenvalue weighted by atomic mass is 10.2. The van der Waals surface area contributed by atoms with E-state index in [1.54, 1.807) is 42.5 Å². The van der Waals surface area contributed by atoms with Gasteiger partial charge in [0.25, 0.3) is 0 Å². The van der Waals surface area contributed by atoms with Gasteiger partial charge >= 0.3 is 6.09 Å². The first-order chi connectivity index (χ1) is 9.47. The van der Waals surface area contributed by atoms with Crippen molar-refractivity contribution in [3.63, 3.8) is 0 Å². The van der Waals surface area contributed by atoms with Gasteiger partial charge in [-0.3, -0.25) is 4.90 Å². The highest BCUT2D eigenvalue weighted by Gasteiger charge is 2.13. The van der Waals surface area contributed by atoms with Gasteiger partial charge in [0.1, 0.15) is 11.5 Å². The number of nitrogen functional groups attached to an aromatic ring is 1. The zero-order valence-corrected chi connectivity index (χ0v) is 11.5. The summed E-state index contributed by atoms with van der Waals surface area (Å²) in [5.74, 6) is 1.04. The predicted octanol–water partition coefficient (Wildman–Crippen LogP) is 3.83. The van der Waals surface area contributed by atoms with Crippen molar-refractivity contribution in [2.24, 2.45) is 0 Å². The maximum absolute atomic E-state index is 11.0. The van der Waals surface area contributed by atoms with E-state index in [2.05, 4.69) is 0 Å². The van der Waals surface area contributed by atoms with Gasteiger partial charge < -0.3 is 15.6 Å². The largest absolute Gasteiger partial charge is 0.465 e. The molecule has 0 fully saturated rings. The number of nitrogens with zero attached hydrogens (tertiary/aromatic N) is 1. The number of nitrogens with two attached hydrogens (primary N) is 1. The summed E-state index contributed by atoms with van der Waals surface area (Å²) in [5, 5.41) is 9.55. The number of rotatable bonds is 3. The van der Waals surface area contributed by atoms with Crippen LogP contribution >= 0.6 is 11.6 Å². The van der Waals surface area contributed by atoms with Crippen LogP contribution in [0.1, 0.15) is 0 Å². The van der Waals surface area contributed by atoms with Crippen molar-refractivity contribution in [3.8, 4) is 11.5 Å². The lowest BCUT2D eigenvalue weighted by Gasteiger charge is -2.16. The first-order valence-corrected chi connectivity index (χ1v) is 6.15. The van der Waals surface area contributed by atoms with E-state index in [4.69, 9.17) is 27.2 Å². The van der Waals surface area contributed by atoms with Gasteiger partial charge in [-0.05, 0) is 30.3 Å². The second kappa shape index (κ2) is 5.71. The molecule has 5 nitrogen and oxygen atoms in total. The molecule has 0 aromatic heterocycles. The summed E-state index contributed by atoms with van der Waals surface area (Å²) in [6, 6.07) is 11.7. The highest BCUT2D eigenvalue weighted by molar-refractivity contribution is 6.30. The third-order valence-corrected chi connectivity index (χ3v) is 2.92. The minimum Gasteiger partial charge on any atom is -0.465 e. The van der Waals surface area contributed by atoms with Crippen molar-refractivity contribution in [2.45, 2.75) is 0 Å². The lowest BCUT2D eigenvalue weighted by Crippen LogP contribution is -2.24. The third kappa shape index (κ3) is 3.13. The van der Waals surface area contributed by atoms with E-state index in [0.29, 0.717) is 27.9 Å². The number of anilines is 2. The van der Waals surface area contributed by atoms with Crippen LogP contribution in [0.2, 0.25) is 5.02 Å². The number of hydrogen-bond donors (Lipinski definition) is 2. The van der Waals surface area contributed by atoms with E-state index in [9.17, 15) is 4.79 Å². The molecule has 2 rings (SSSR count). The van der Waals surface area contributed by atoms with Gasteiger partial charge in [-0.15, -0.1) is 0 Å². The molecule has 0 saturated heterocycles. The average molecular weight is 293 g/mol. The average Bonchev–Trinajstić information content (AvgIpc) is 2.40. The van der Waals surface area contributed by atoms with Crippen LogP contribution in [0.3, 0.4) is 0 Å². The molecular weight excluding hydrogens is 280 g/mol. The normalized spacial score (nSPS) is 10.1. The van der Waals surface area contributed by atoms with Crippen molar-refractivity contribution in [1.29, 1.82) is 0 Å². The lowest BCUT2D eigenvalue weighted by molar-refractivity contribution is 0.203. The Kier molecular flexibility index (Phi) is 4.00. The highest BCUT2D eigenvalue weighted by Crippen LogP contribution is 2.31.